The highest BCUT2D eigenvalue weighted by Gasteiger charge is 2.29. The van der Waals surface area contributed by atoms with Crippen LogP contribution in [0.5, 0.6) is 5.75 Å². The molecule has 0 unspecified atom stereocenters. The first-order valence-corrected chi connectivity index (χ1v) is 15.2. The Kier molecular flexibility index (Phi) is 8.59. The molecule has 232 valence electrons. The van der Waals surface area contributed by atoms with E-state index in [1.165, 1.54) is 12.1 Å². The van der Waals surface area contributed by atoms with Gasteiger partial charge in [-0.15, -0.1) is 0 Å². The fraction of sp³-hybridized carbons (Fsp3) is 0.324. The van der Waals surface area contributed by atoms with Crippen LogP contribution in [0, 0.1) is 11.7 Å². The van der Waals surface area contributed by atoms with Crippen molar-refractivity contribution in [3.63, 3.8) is 0 Å². The van der Waals surface area contributed by atoms with Gasteiger partial charge in [-0.1, -0.05) is 19.1 Å². The summed E-state index contributed by atoms with van der Waals surface area (Å²) in [6.45, 7) is 5.92. The highest BCUT2D eigenvalue weighted by molar-refractivity contribution is 5.97. The number of carbonyl (C=O) groups excluding carboxylic acids is 2. The molecule has 1 N–H and O–H groups in total. The van der Waals surface area contributed by atoms with Gasteiger partial charge in [-0.2, -0.15) is 0 Å². The van der Waals surface area contributed by atoms with Gasteiger partial charge >= 0.3 is 5.97 Å². The molecule has 1 saturated heterocycles. The number of amides is 1. The van der Waals surface area contributed by atoms with E-state index in [2.05, 4.69) is 9.97 Å². The van der Waals surface area contributed by atoms with Crippen LogP contribution >= 0.6 is 0 Å². The molecule has 3 heterocycles. The van der Waals surface area contributed by atoms with E-state index in [0.29, 0.717) is 79.0 Å². The van der Waals surface area contributed by atoms with Crippen LogP contribution in [0.4, 0.5) is 4.39 Å². The second-order valence-electron chi connectivity index (χ2n) is 11.1. The molecule has 0 spiro atoms. The van der Waals surface area contributed by atoms with E-state index in [4.69, 9.17) is 14.5 Å². The van der Waals surface area contributed by atoms with Crippen molar-refractivity contribution < 1.29 is 23.5 Å². The SMILES string of the molecule is CCCOc1ccc(C(=O)N2CCC(C(=O)OCC)CC2)cc1-c1nc2cc3ncn(Cc4ccc(F)cc4)c3cc2c(=O)[nH]1. The molecule has 6 rings (SSSR count). The zero-order chi connectivity index (χ0) is 31.5. The Bertz CT molecular complexity index is 1930. The topological polar surface area (TPSA) is 119 Å². The average molecular weight is 612 g/mol. The van der Waals surface area contributed by atoms with Crippen molar-refractivity contribution in [1.82, 2.24) is 24.4 Å². The highest BCUT2D eigenvalue weighted by Crippen LogP contribution is 2.31. The lowest BCUT2D eigenvalue weighted by Crippen LogP contribution is -2.40. The third kappa shape index (κ3) is 6.29. The number of esters is 1. The van der Waals surface area contributed by atoms with Gasteiger partial charge in [-0.3, -0.25) is 14.4 Å². The Morgan fingerprint density at radius 2 is 1.80 bits per heavy atom. The number of ether oxygens (including phenoxy) is 2. The number of fused-ring (bicyclic) bond motifs is 2. The van der Waals surface area contributed by atoms with Crippen molar-refractivity contribution >= 4 is 33.8 Å². The summed E-state index contributed by atoms with van der Waals surface area (Å²) in [7, 11) is 0. The molecular weight excluding hydrogens is 577 g/mol. The van der Waals surface area contributed by atoms with Crippen LogP contribution in [0.2, 0.25) is 0 Å². The number of benzene rings is 3. The number of nitrogens with one attached hydrogen (secondary N) is 1. The molecule has 0 atom stereocenters. The summed E-state index contributed by atoms with van der Waals surface area (Å²) in [6.07, 6.45) is 3.55. The van der Waals surface area contributed by atoms with Crippen molar-refractivity contribution in [2.45, 2.75) is 39.7 Å². The van der Waals surface area contributed by atoms with Crippen molar-refractivity contribution in [3.8, 4) is 17.1 Å². The number of likely N-dealkylation sites (tertiary alicyclic amines) is 1. The predicted molar refractivity (Wildman–Crippen MR) is 168 cm³/mol. The van der Waals surface area contributed by atoms with Gasteiger partial charge in [-0.05, 0) is 74.2 Å². The number of nitrogens with zero attached hydrogens (tertiary/aromatic N) is 4. The summed E-state index contributed by atoms with van der Waals surface area (Å²) in [5, 5.41) is 0.389. The molecule has 1 amide bonds. The summed E-state index contributed by atoms with van der Waals surface area (Å²) in [5.74, 6) is -0.116. The molecule has 1 aliphatic heterocycles. The third-order valence-corrected chi connectivity index (χ3v) is 8.06. The molecule has 45 heavy (non-hydrogen) atoms. The molecule has 0 aliphatic carbocycles. The van der Waals surface area contributed by atoms with Gasteiger partial charge in [0.15, 0.2) is 0 Å². The zero-order valence-electron chi connectivity index (χ0n) is 25.2. The van der Waals surface area contributed by atoms with Gasteiger partial charge in [0.25, 0.3) is 11.5 Å². The highest BCUT2D eigenvalue weighted by atomic mass is 19.1. The molecule has 1 fully saturated rings. The molecule has 11 heteroatoms. The average Bonchev–Trinajstić information content (AvgIpc) is 3.44. The number of imidazole rings is 1. The summed E-state index contributed by atoms with van der Waals surface area (Å²) in [5.41, 5.74) is 3.34. The van der Waals surface area contributed by atoms with Crippen molar-refractivity contribution in [1.29, 1.82) is 0 Å². The van der Waals surface area contributed by atoms with E-state index in [1.807, 2.05) is 11.5 Å². The zero-order valence-corrected chi connectivity index (χ0v) is 25.2. The van der Waals surface area contributed by atoms with Gasteiger partial charge in [0.2, 0.25) is 0 Å². The van der Waals surface area contributed by atoms with E-state index >= 15 is 0 Å². The second-order valence-corrected chi connectivity index (χ2v) is 11.1. The van der Waals surface area contributed by atoms with E-state index in [9.17, 15) is 18.8 Å². The minimum absolute atomic E-state index is 0.169. The number of hydrogen-bond donors (Lipinski definition) is 1. The maximum absolute atomic E-state index is 13.5. The maximum atomic E-state index is 13.5. The predicted octanol–water partition coefficient (Wildman–Crippen LogP) is 5.33. The van der Waals surface area contributed by atoms with E-state index in [0.717, 1.165) is 17.5 Å². The molecule has 0 bridgehead atoms. The number of piperidine rings is 1. The number of aromatic nitrogens is 4. The molecule has 0 saturated carbocycles. The first-order chi connectivity index (χ1) is 21.8. The number of H-pyrrole nitrogens is 1. The first-order valence-electron chi connectivity index (χ1n) is 15.2. The molecule has 2 aromatic heterocycles. The Hall–Kier alpha value is -5.06. The van der Waals surface area contributed by atoms with Crippen LogP contribution in [0.25, 0.3) is 33.3 Å². The number of halogens is 1. The molecule has 3 aromatic carbocycles. The van der Waals surface area contributed by atoms with Gasteiger partial charge in [0, 0.05) is 25.2 Å². The van der Waals surface area contributed by atoms with E-state index < -0.39 is 0 Å². The molecule has 1 aliphatic rings. The number of aromatic amines is 1. The van der Waals surface area contributed by atoms with Gasteiger partial charge in [-0.25, -0.2) is 14.4 Å². The molecule has 5 aromatic rings. The fourth-order valence-electron chi connectivity index (χ4n) is 5.68. The molecule has 10 nitrogen and oxygen atoms in total. The van der Waals surface area contributed by atoms with Crippen LogP contribution in [-0.4, -0.2) is 62.6 Å². The van der Waals surface area contributed by atoms with Crippen LogP contribution in [0.1, 0.15) is 49.0 Å². The van der Waals surface area contributed by atoms with E-state index in [-0.39, 0.29) is 35.0 Å². The third-order valence-electron chi connectivity index (χ3n) is 8.06. The largest absolute Gasteiger partial charge is 0.493 e. The van der Waals surface area contributed by atoms with Gasteiger partial charge in [0.1, 0.15) is 17.4 Å². The summed E-state index contributed by atoms with van der Waals surface area (Å²) >= 11 is 0. The Morgan fingerprint density at radius 3 is 2.53 bits per heavy atom. The minimum Gasteiger partial charge on any atom is -0.493 e. The first kappa shape index (κ1) is 30.0. The number of carbonyl (C=O) groups is 2. The monoisotopic (exact) mass is 611 g/mol. The lowest BCUT2D eigenvalue weighted by atomic mass is 9.96. The van der Waals surface area contributed by atoms with Gasteiger partial charge < -0.3 is 23.9 Å². The maximum Gasteiger partial charge on any atom is 0.309 e. The summed E-state index contributed by atoms with van der Waals surface area (Å²) in [4.78, 5) is 53.1. The number of rotatable bonds is 9. The van der Waals surface area contributed by atoms with Crippen LogP contribution in [-0.2, 0) is 16.1 Å². The molecular formula is C34H34FN5O5. The minimum atomic E-state index is -0.342. The Morgan fingerprint density at radius 1 is 1.02 bits per heavy atom. The smallest absolute Gasteiger partial charge is 0.309 e. The summed E-state index contributed by atoms with van der Waals surface area (Å²) in [6, 6.07) is 14.9. The van der Waals surface area contributed by atoms with Crippen molar-refractivity contribution in [3.05, 3.63) is 88.2 Å². The Balaban J connectivity index is 1.32. The van der Waals surface area contributed by atoms with Crippen molar-refractivity contribution in [2.24, 2.45) is 5.92 Å². The summed E-state index contributed by atoms with van der Waals surface area (Å²) < 4.78 is 26.4. The molecule has 0 radical (unpaired) electrons. The van der Waals surface area contributed by atoms with Crippen molar-refractivity contribution in [2.75, 3.05) is 26.3 Å². The standard InChI is InChI=1S/C34H34FN5O5/c1-3-15-45-30-10-7-23(33(42)39-13-11-22(12-14-39)34(43)44-4-2)16-26(30)31-37-27-18-28-29(17-25(27)32(41)38-31)40(20-36-28)19-21-5-8-24(35)9-6-21/h5-10,16-18,20,22H,3-4,11-15,19H2,1-2H3,(H,37,38,41). The normalized spacial score (nSPS) is 13.8. The van der Waals surface area contributed by atoms with Crippen LogP contribution in [0.3, 0.4) is 0 Å². The lowest BCUT2D eigenvalue weighted by molar-refractivity contribution is -0.149. The fourth-order valence-corrected chi connectivity index (χ4v) is 5.68. The number of hydrogen-bond acceptors (Lipinski definition) is 7. The van der Waals surface area contributed by atoms with Gasteiger partial charge in [0.05, 0.1) is 53.0 Å². The van der Waals surface area contributed by atoms with E-state index in [1.54, 1.807) is 60.6 Å². The Labute approximate surface area is 258 Å². The lowest BCUT2D eigenvalue weighted by Gasteiger charge is -2.31. The quantitative estimate of drug-likeness (QED) is 0.224. The van der Waals surface area contributed by atoms with Crippen LogP contribution < -0.4 is 10.3 Å². The van der Waals surface area contributed by atoms with Crippen LogP contribution in [0.15, 0.2) is 65.7 Å². The second kappa shape index (κ2) is 12.9.